The summed E-state index contributed by atoms with van der Waals surface area (Å²) in [5.41, 5.74) is 0. The second kappa shape index (κ2) is 6.01. The van der Waals surface area contributed by atoms with Gasteiger partial charge in [0.2, 0.25) is 11.8 Å². The first-order valence-electron chi connectivity index (χ1n) is 7.16. The quantitative estimate of drug-likeness (QED) is 0.718. The van der Waals surface area contributed by atoms with Crippen LogP contribution in [0.3, 0.4) is 0 Å². The number of hydrogen-bond acceptors (Lipinski definition) is 4. The second-order valence-corrected chi connectivity index (χ2v) is 5.79. The average molecular weight is 268 g/mol. The maximum absolute atomic E-state index is 12.3. The predicted molar refractivity (Wildman–Crippen MR) is 71.4 cm³/mol. The van der Waals surface area contributed by atoms with Crippen molar-refractivity contribution >= 4 is 11.8 Å². The molecule has 5 nitrogen and oxygen atoms in total. The Kier molecular flexibility index (Phi) is 4.58. The van der Waals surface area contributed by atoms with Crippen molar-refractivity contribution in [1.82, 2.24) is 10.2 Å². The highest BCUT2D eigenvalue weighted by Crippen LogP contribution is 2.42. The van der Waals surface area contributed by atoms with Gasteiger partial charge in [0.15, 0.2) is 0 Å². The molecule has 1 saturated heterocycles. The van der Waals surface area contributed by atoms with Crippen LogP contribution >= 0.6 is 0 Å². The molecule has 0 aromatic heterocycles. The van der Waals surface area contributed by atoms with E-state index < -0.39 is 0 Å². The molecule has 2 rings (SSSR count). The Labute approximate surface area is 114 Å². The molecule has 1 saturated carbocycles. The van der Waals surface area contributed by atoms with Gasteiger partial charge in [0, 0.05) is 19.7 Å². The molecule has 0 bridgehead atoms. The number of carbonyl (C=O) groups excluding carboxylic acids is 2. The second-order valence-electron chi connectivity index (χ2n) is 5.79. The fraction of sp³-hybridized carbons (Fsp3) is 0.857. The highest BCUT2D eigenvalue weighted by Gasteiger charge is 2.51. The van der Waals surface area contributed by atoms with Crippen molar-refractivity contribution in [1.29, 1.82) is 0 Å². The molecular weight excluding hydrogens is 244 g/mol. The zero-order valence-corrected chi connectivity index (χ0v) is 12.0. The van der Waals surface area contributed by atoms with E-state index in [-0.39, 0.29) is 29.7 Å². The molecule has 3 atom stereocenters. The topological polar surface area (TPSA) is 58.6 Å². The van der Waals surface area contributed by atoms with Crippen LogP contribution in [0.2, 0.25) is 0 Å². The monoisotopic (exact) mass is 268 g/mol. The summed E-state index contributed by atoms with van der Waals surface area (Å²) in [6, 6.07) is 0.0270. The van der Waals surface area contributed by atoms with Crippen LogP contribution in [0.15, 0.2) is 0 Å². The molecule has 1 heterocycles. The number of amides is 2. The van der Waals surface area contributed by atoms with Crippen LogP contribution in [0.1, 0.15) is 26.7 Å². The van der Waals surface area contributed by atoms with Crippen LogP contribution in [-0.4, -0.2) is 49.6 Å². The molecule has 1 aliphatic heterocycles. The number of carbonyl (C=O) groups is 2. The normalized spacial score (nSPS) is 31.9. The van der Waals surface area contributed by atoms with Crippen LogP contribution in [0.4, 0.5) is 0 Å². The number of nitrogens with zero attached hydrogens (tertiary/aromatic N) is 1. The van der Waals surface area contributed by atoms with E-state index in [9.17, 15) is 9.59 Å². The number of fused-ring (bicyclic) bond motifs is 1. The molecule has 2 aliphatic rings. The summed E-state index contributed by atoms with van der Waals surface area (Å²) < 4.78 is 5.14. The Bertz CT molecular complexity index is 329. The number of nitrogens with one attached hydrogen (secondary N) is 1. The molecule has 0 spiro atoms. The van der Waals surface area contributed by atoms with Crippen LogP contribution in [0, 0.1) is 17.8 Å². The number of ether oxygens (including phenoxy) is 1. The van der Waals surface area contributed by atoms with Gasteiger partial charge in [0.1, 0.15) is 0 Å². The van der Waals surface area contributed by atoms with Crippen molar-refractivity contribution in [3.05, 3.63) is 0 Å². The Hall–Kier alpha value is -0.940. The standard InChI is InChI=1S/C14H24N2O3/c1-4-15-10(8-19-3)7-16-13(17)11-5-9(2)6-12(11)14(16)18/h9-12,15H,4-8H2,1-3H3. The molecule has 3 unspecified atom stereocenters. The maximum atomic E-state index is 12.3. The molecule has 108 valence electrons. The predicted octanol–water partition coefficient (Wildman–Crippen LogP) is 0.642. The van der Waals surface area contributed by atoms with E-state index in [0.717, 1.165) is 19.4 Å². The van der Waals surface area contributed by atoms with Crippen molar-refractivity contribution in [3.63, 3.8) is 0 Å². The maximum Gasteiger partial charge on any atom is 0.233 e. The van der Waals surface area contributed by atoms with E-state index in [2.05, 4.69) is 12.2 Å². The molecule has 0 radical (unpaired) electrons. The van der Waals surface area contributed by atoms with Crippen molar-refractivity contribution in [2.75, 3.05) is 26.8 Å². The SMILES string of the molecule is CCNC(COC)CN1C(=O)C2CC(C)CC2C1=O. The van der Waals surface area contributed by atoms with Gasteiger partial charge in [-0.15, -0.1) is 0 Å². The van der Waals surface area contributed by atoms with E-state index in [1.807, 2.05) is 6.92 Å². The lowest BCUT2D eigenvalue weighted by Crippen LogP contribution is -2.46. The summed E-state index contributed by atoms with van der Waals surface area (Å²) in [6.07, 6.45) is 1.73. The van der Waals surface area contributed by atoms with Gasteiger partial charge in [0.05, 0.1) is 18.4 Å². The zero-order chi connectivity index (χ0) is 14.0. The molecular formula is C14H24N2O3. The summed E-state index contributed by atoms with van der Waals surface area (Å²) in [5, 5.41) is 3.25. The first kappa shape index (κ1) is 14.5. The van der Waals surface area contributed by atoms with Crippen LogP contribution < -0.4 is 5.32 Å². The number of imide groups is 1. The van der Waals surface area contributed by atoms with E-state index >= 15 is 0 Å². The molecule has 1 aliphatic carbocycles. The Balaban J connectivity index is 2.01. The fourth-order valence-electron chi connectivity index (χ4n) is 3.41. The van der Waals surface area contributed by atoms with Gasteiger partial charge in [0.25, 0.3) is 0 Å². The van der Waals surface area contributed by atoms with Gasteiger partial charge in [-0.2, -0.15) is 0 Å². The number of likely N-dealkylation sites (N-methyl/N-ethyl adjacent to an activating group) is 1. The molecule has 1 N–H and O–H groups in total. The minimum atomic E-state index is -0.0627. The summed E-state index contributed by atoms with van der Waals surface area (Å²) in [5.74, 6) is 0.421. The van der Waals surface area contributed by atoms with Crippen molar-refractivity contribution in [3.8, 4) is 0 Å². The van der Waals surface area contributed by atoms with E-state index in [1.165, 1.54) is 4.90 Å². The molecule has 0 aromatic carbocycles. The lowest BCUT2D eigenvalue weighted by Gasteiger charge is -2.23. The third-order valence-electron chi connectivity index (χ3n) is 4.23. The lowest BCUT2D eigenvalue weighted by atomic mass is 10.00. The van der Waals surface area contributed by atoms with Crippen molar-refractivity contribution in [2.24, 2.45) is 17.8 Å². The summed E-state index contributed by atoms with van der Waals surface area (Å²) in [4.78, 5) is 26.1. The first-order valence-corrected chi connectivity index (χ1v) is 7.16. The molecule has 2 amide bonds. The molecule has 2 fully saturated rings. The van der Waals surface area contributed by atoms with Gasteiger partial charge in [-0.1, -0.05) is 13.8 Å². The van der Waals surface area contributed by atoms with Crippen LogP contribution in [-0.2, 0) is 14.3 Å². The molecule has 5 heteroatoms. The average Bonchev–Trinajstić information content (AvgIpc) is 2.84. The van der Waals surface area contributed by atoms with Gasteiger partial charge in [-0.25, -0.2) is 0 Å². The highest BCUT2D eigenvalue weighted by atomic mass is 16.5. The van der Waals surface area contributed by atoms with Crippen LogP contribution in [0.25, 0.3) is 0 Å². The smallest absolute Gasteiger partial charge is 0.233 e. The summed E-state index contributed by atoms with van der Waals surface area (Å²) >= 11 is 0. The Morgan fingerprint density at radius 1 is 1.32 bits per heavy atom. The Morgan fingerprint density at radius 2 is 1.89 bits per heavy atom. The number of methoxy groups -OCH3 is 1. The lowest BCUT2D eigenvalue weighted by molar-refractivity contribution is -0.141. The number of rotatable bonds is 6. The molecule has 0 aromatic rings. The summed E-state index contributed by atoms with van der Waals surface area (Å²) in [6.45, 7) is 5.87. The summed E-state index contributed by atoms with van der Waals surface area (Å²) in [7, 11) is 1.63. The van der Waals surface area contributed by atoms with E-state index in [4.69, 9.17) is 4.74 Å². The first-order chi connectivity index (χ1) is 9.08. The third-order valence-corrected chi connectivity index (χ3v) is 4.23. The third kappa shape index (κ3) is 2.82. The number of likely N-dealkylation sites (tertiary alicyclic amines) is 1. The van der Waals surface area contributed by atoms with Crippen molar-refractivity contribution < 1.29 is 14.3 Å². The van der Waals surface area contributed by atoms with Gasteiger partial charge in [-0.3, -0.25) is 14.5 Å². The van der Waals surface area contributed by atoms with Crippen molar-refractivity contribution in [2.45, 2.75) is 32.7 Å². The van der Waals surface area contributed by atoms with Gasteiger partial charge >= 0.3 is 0 Å². The highest BCUT2D eigenvalue weighted by molar-refractivity contribution is 6.05. The largest absolute Gasteiger partial charge is 0.383 e. The fourth-order valence-corrected chi connectivity index (χ4v) is 3.41. The minimum Gasteiger partial charge on any atom is -0.383 e. The minimum absolute atomic E-state index is 0.0263. The zero-order valence-electron chi connectivity index (χ0n) is 12.0. The van der Waals surface area contributed by atoms with E-state index in [1.54, 1.807) is 7.11 Å². The Morgan fingerprint density at radius 3 is 2.37 bits per heavy atom. The molecule has 19 heavy (non-hydrogen) atoms. The van der Waals surface area contributed by atoms with E-state index in [0.29, 0.717) is 19.1 Å². The van der Waals surface area contributed by atoms with Crippen LogP contribution in [0.5, 0.6) is 0 Å². The number of hydrogen-bond donors (Lipinski definition) is 1. The van der Waals surface area contributed by atoms with Gasteiger partial charge < -0.3 is 10.1 Å². The van der Waals surface area contributed by atoms with Gasteiger partial charge in [-0.05, 0) is 25.3 Å².